The highest BCUT2D eigenvalue weighted by molar-refractivity contribution is 5.90. The molecule has 0 fully saturated rings. The van der Waals surface area contributed by atoms with Crippen LogP contribution < -0.4 is 11.1 Å². The molecule has 0 aliphatic carbocycles. The van der Waals surface area contributed by atoms with Gasteiger partial charge in [-0.25, -0.2) is 0 Å². The average Bonchev–Trinajstić information content (AvgIpc) is 2.26. The van der Waals surface area contributed by atoms with E-state index in [2.05, 4.69) is 5.32 Å². The van der Waals surface area contributed by atoms with Crippen molar-refractivity contribution in [2.75, 3.05) is 11.9 Å². The van der Waals surface area contributed by atoms with E-state index < -0.39 is 0 Å². The summed E-state index contributed by atoms with van der Waals surface area (Å²) < 4.78 is 0. The minimum absolute atomic E-state index is 0.0501. The fraction of sp³-hybridized carbons (Fsp3) is 0.417. The first-order valence-electron chi connectivity index (χ1n) is 5.40. The number of benzene rings is 1. The molecule has 1 amide bonds. The number of anilines is 1. The maximum Gasteiger partial charge on any atom is 0.224 e. The van der Waals surface area contributed by atoms with Crippen molar-refractivity contribution in [3.63, 3.8) is 0 Å². The van der Waals surface area contributed by atoms with Crippen molar-refractivity contribution in [3.8, 4) is 5.75 Å². The Balaban J connectivity index is 2.40. The predicted octanol–water partition coefficient (Wildman–Crippen LogP) is 1.71. The summed E-state index contributed by atoms with van der Waals surface area (Å²) in [5.41, 5.74) is 6.08. The van der Waals surface area contributed by atoms with Gasteiger partial charge in [-0.3, -0.25) is 4.79 Å². The van der Waals surface area contributed by atoms with Crippen molar-refractivity contribution in [2.24, 2.45) is 11.7 Å². The smallest absolute Gasteiger partial charge is 0.224 e. The van der Waals surface area contributed by atoms with Crippen molar-refractivity contribution in [1.82, 2.24) is 0 Å². The SMILES string of the molecule is CC(CN)CCC(=O)Nc1cccc(O)c1. The Labute approximate surface area is 95.5 Å². The second-order valence-electron chi connectivity index (χ2n) is 3.98. The lowest BCUT2D eigenvalue weighted by Crippen LogP contribution is -2.16. The number of nitrogens with two attached hydrogens (primary N) is 1. The zero-order valence-electron chi connectivity index (χ0n) is 9.44. The Morgan fingerprint density at radius 1 is 1.56 bits per heavy atom. The van der Waals surface area contributed by atoms with Crippen LogP contribution in [-0.4, -0.2) is 17.6 Å². The summed E-state index contributed by atoms with van der Waals surface area (Å²) in [6, 6.07) is 6.51. The third kappa shape index (κ3) is 4.31. The number of carbonyl (C=O) groups is 1. The number of hydrogen-bond donors (Lipinski definition) is 3. The number of phenols is 1. The lowest BCUT2D eigenvalue weighted by atomic mass is 10.1. The molecular weight excluding hydrogens is 204 g/mol. The summed E-state index contributed by atoms with van der Waals surface area (Å²) in [5, 5.41) is 11.9. The molecule has 1 atom stereocenters. The molecule has 4 nitrogen and oxygen atoms in total. The van der Waals surface area contributed by atoms with Gasteiger partial charge in [-0.15, -0.1) is 0 Å². The predicted molar refractivity (Wildman–Crippen MR) is 64.2 cm³/mol. The summed E-state index contributed by atoms with van der Waals surface area (Å²) in [6.45, 7) is 2.61. The number of nitrogens with one attached hydrogen (secondary N) is 1. The minimum Gasteiger partial charge on any atom is -0.508 e. The van der Waals surface area contributed by atoms with E-state index in [0.29, 0.717) is 24.6 Å². The van der Waals surface area contributed by atoms with Gasteiger partial charge < -0.3 is 16.2 Å². The second-order valence-corrected chi connectivity index (χ2v) is 3.98. The van der Waals surface area contributed by atoms with Crippen LogP contribution in [-0.2, 0) is 4.79 Å². The van der Waals surface area contributed by atoms with Crippen LogP contribution in [0.2, 0.25) is 0 Å². The molecule has 16 heavy (non-hydrogen) atoms. The third-order valence-corrected chi connectivity index (χ3v) is 2.40. The molecule has 1 rings (SSSR count). The summed E-state index contributed by atoms with van der Waals surface area (Å²) in [7, 11) is 0. The zero-order valence-corrected chi connectivity index (χ0v) is 9.44. The van der Waals surface area contributed by atoms with Crippen LogP contribution in [0.3, 0.4) is 0 Å². The number of phenolic OH excluding ortho intramolecular Hbond substituents is 1. The van der Waals surface area contributed by atoms with Crippen LogP contribution in [0, 0.1) is 5.92 Å². The normalized spacial score (nSPS) is 12.1. The van der Waals surface area contributed by atoms with Gasteiger partial charge in [0.2, 0.25) is 5.91 Å². The van der Waals surface area contributed by atoms with Crippen molar-refractivity contribution in [1.29, 1.82) is 0 Å². The Morgan fingerprint density at radius 3 is 2.94 bits per heavy atom. The van der Waals surface area contributed by atoms with Gasteiger partial charge in [-0.1, -0.05) is 13.0 Å². The fourth-order valence-electron chi connectivity index (χ4n) is 1.30. The van der Waals surface area contributed by atoms with Gasteiger partial charge >= 0.3 is 0 Å². The fourth-order valence-corrected chi connectivity index (χ4v) is 1.30. The first kappa shape index (κ1) is 12.5. The number of amides is 1. The molecule has 1 aromatic rings. The molecule has 0 radical (unpaired) electrons. The minimum atomic E-state index is -0.0501. The Kier molecular flexibility index (Phi) is 4.79. The van der Waals surface area contributed by atoms with E-state index >= 15 is 0 Å². The standard InChI is InChI=1S/C12H18N2O2/c1-9(8-13)5-6-12(16)14-10-3-2-4-11(15)7-10/h2-4,7,9,15H,5-6,8,13H2,1H3,(H,14,16). The topological polar surface area (TPSA) is 75.4 Å². The van der Waals surface area contributed by atoms with E-state index in [1.165, 1.54) is 6.07 Å². The van der Waals surface area contributed by atoms with Crippen molar-refractivity contribution in [2.45, 2.75) is 19.8 Å². The van der Waals surface area contributed by atoms with Crippen LogP contribution in [0.25, 0.3) is 0 Å². The van der Waals surface area contributed by atoms with Crippen LogP contribution >= 0.6 is 0 Å². The maximum absolute atomic E-state index is 11.5. The van der Waals surface area contributed by atoms with E-state index in [-0.39, 0.29) is 11.7 Å². The highest BCUT2D eigenvalue weighted by atomic mass is 16.3. The van der Waals surface area contributed by atoms with E-state index in [9.17, 15) is 9.90 Å². The first-order chi connectivity index (χ1) is 7.61. The van der Waals surface area contributed by atoms with Gasteiger partial charge in [0.25, 0.3) is 0 Å². The molecule has 4 N–H and O–H groups in total. The quantitative estimate of drug-likeness (QED) is 0.709. The maximum atomic E-state index is 11.5. The lowest BCUT2D eigenvalue weighted by molar-refractivity contribution is -0.116. The van der Waals surface area contributed by atoms with Gasteiger partial charge in [-0.2, -0.15) is 0 Å². The monoisotopic (exact) mass is 222 g/mol. The number of rotatable bonds is 5. The molecular formula is C12H18N2O2. The number of carbonyl (C=O) groups excluding carboxylic acids is 1. The highest BCUT2D eigenvalue weighted by Crippen LogP contribution is 2.16. The molecule has 0 bridgehead atoms. The third-order valence-electron chi connectivity index (χ3n) is 2.40. The van der Waals surface area contributed by atoms with Crippen LogP contribution in [0.15, 0.2) is 24.3 Å². The van der Waals surface area contributed by atoms with Gasteiger partial charge in [-0.05, 0) is 31.0 Å². The Bertz CT molecular complexity index is 353. The summed E-state index contributed by atoms with van der Waals surface area (Å²) in [6.07, 6.45) is 1.23. The molecule has 0 aliphatic rings. The van der Waals surface area contributed by atoms with Crippen LogP contribution in [0.5, 0.6) is 5.75 Å². The van der Waals surface area contributed by atoms with E-state index in [1.54, 1.807) is 18.2 Å². The molecule has 0 saturated carbocycles. The molecule has 4 heteroatoms. The molecule has 0 spiro atoms. The molecule has 0 aromatic heterocycles. The van der Waals surface area contributed by atoms with E-state index in [1.807, 2.05) is 6.92 Å². The van der Waals surface area contributed by atoms with Crippen LogP contribution in [0.4, 0.5) is 5.69 Å². The molecule has 0 aliphatic heterocycles. The van der Waals surface area contributed by atoms with E-state index in [0.717, 1.165) is 6.42 Å². The van der Waals surface area contributed by atoms with E-state index in [4.69, 9.17) is 5.73 Å². The first-order valence-corrected chi connectivity index (χ1v) is 5.40. The number of hydrogen-bond acceptors (Lipinski definition) is 3. The summed E-state index contributed by atoms with van der Waals surface area (Å²) in [4.78, 5) is 11.5. The molecule has 1 aromatic carbocycles. The van der Waals surface area contributed by atoms with Crippen molar-refractivity contribution >= 4 is 11.6 Å². The average molecular weight is 222 g/mol. The highest BCUT2D eigenvalue weighted by Gasteiger charge is 2.05. The molecule has 1 unspecified atom stereocenters. The van der Waals surface area contributed by atoms with Gasteiger partial charge in [0.05, 0.1) is 0 Å². The van der Waals surface area contributed by atoms with Crippen molar-refractivity contribution in [3.05, 3.63) is 24.3 Å². The second kappa shape index (κ2) is 6.12. The molecule has 0 heterocycles. The summed E-state index contributed by atoms with van der Waals surface area (Å²) in [5.74, 6) is 0.453. The van der Waals surface area contributed by atoms with Gasteiger partial charge in [0.1, 0.15) is 5.75 Å². The van der Waals surface area contributed by atoms with Crippen LogP contribution in [0.1, 0.15) is 19.8 Å². The number of aromatic hydroxyl groups is 1. The van der Waals surface area contributed by atoms with Gasteiger partial charge in [0, 0.05) is 18.2 Å². The lowest BCUT2D eigenvalue weighted by Gasteiger charge is -2.08. The van der Waals surface area contributed by atoms with Gasteiger partial charge in [0.15, 0.2) is 0 Å². The molecule has 0 saturated heterocycles. The Morgan fingerprint density at radius 2 is 2.31 bits per heavy atom. The Hall–Kier alpha value is -1.55. The summed E-state index contributed by atoms with van der Waals surface area (Å²) >= 11 is 0. The largest absolute Gasteiger partial charge is 0.508 e. The van der Waals surface area contributed by atoms with Crippen molar-refractivity contribution < 1.29 is 9.90 Å². The molecule has 88 valence electrons. The zero-order chi connectivity index (χ0) is 12.0.